The van der Waals surface area contributed by atoms with Crippen LogP contribution in [0.4, 0.5) is 4.39 Å². The van der Waals surface area contributed by atoms with E-state index in [-0.39, 0.29) is 5.56 Å². The van der Waals surface area contributed by atoms with Gasteiger partial charge in [-0.3, -0.25) is 0 Å². The van der Waals surface area contributed by atoms with E-state index in [4.69, 9.17) is 5.26 Å². The van der Waals surface area contributed by atoms with Crippen LogP contribution < -0.4 is 0 Å². The van der Waals surface area contributed by atoms with E-state index in [9.17, 15) is 9.50 Å². The van der Waals surface area contributed by atoms with Gasteiger partial charge in [-0.15, -0.1) is 0 Å². The molecule has 0 saturated carbocycles. The maximum absolute atomic E-state index is 13.3. The SMILES string of the molecule is N#Cc1ccc(C(O)c2cnc[nH]2)cc1F. The Labute approximate surface area is 91.0 Å². The van der Waals surface area contributed by atoms with Crippen LogP contribution in [-0.4, -0.2) is 15.1 Å². The molecular weight excluding hydrogens is 209 g/mol. The number of halogens is 1. The molecule has 0 radical (unpaired) electrons. The van der Waals surface area contributed by atoms with Gasteiger partial charge in [-0.25, -0.2) is 9.37 Å². The molecule has 0 aliphatic heterocycles. The number of benzene rings is 1. The van der Waals surface area contributed by atoms with Gasteiger partial charge in [-0.05, 0) is 17.7 Å². The molecule has 4 nitrogen and oxygen atoms in total. The van der Waals surface area contributed by atoms with Gasteiger partial charge < -0.3 is 10.1 Å². The summed E-state index contributed by atoms with van der Waals surface area (Å²) in [4.78, 5) is 6.50. The third kappa shape index (κ3) is 1.78. The highest BCUT2D eigenvalue weighted by molar-refractivity contribution is 5.35. The normalized spacial score (nSPS) is 12.1. The van der Waals surface area contributed by atoms with Crippen LogP contribution in [0, 0.1) is 17.1 Å². The lowest BCUT2D eigenvalue weighted by Gasteiger charge is -2.08. The predicted octanol–water partition coefficient (Wildman–Crippen LogP) is 1.50. The van der Waals surface area contributed by atoms with E-state index >= 15 is 0 Å². The van der Waals surface area contributed by atoms with E-state index < -0.39 is 11.9 Å². The zero-order valence-corrected chi connectivity index (χ0v) is 8.18. The molecule has 2 N–H and O–H groups in total. The summed E-state index contributed by atoms with van der Waals surface area (Å²) in [6, 6.07) is 5.71. The Kier molecular flexibility index (Phi) is 2.66. The molecule has 1 aromatic heterocycles. The standard InChI is InChI=1S/C11H8FN3O/c12-9-3-7(1-2-8(9)4-13)11(16)10-5-14-6-15-10/h1-3,5-6,11,16H,(H,14,15). The maximum Gasteiger partial charge on any atom is 0.141 e. The molecule has 0 fully saturated rings. The van der Waals surface area contributed by atoms with E-state index in [2.05, 4.69) is 9.97 Å². The lowest BCUT2D eigenvalue weighted by atomic mass is 10.0. The number of H-pyrrole nitrogens is 1. The minimum atomic E-state index is -0.968. The van der Waals surface area contributed by atoms with Crippen molar-refractivity contribution in [1.29, 1.82) is 5.26 Å². The summed E-state index contributed by atoms with van der Waals surface area (Å²) in [6.07, 6.45) is 1.92. The average Bonchev–Trinajstić information content (AvgIpc) is 2.81. The van der Waals surface area contributed by atoms with Gasteiger partial charge in [0.05, 0.1) is 23.8 Å². The van der Waals surface area contributed by atoms with Crippen molar-refractivity contribution in [3.63, 3.8) is 0 Å². The highest BCUT2D eigenvalue weighted by Crippen LogP contribution is 2.21. The van der Waals surface area contributed by atoms with Crippen molar-refractivity contribution >= 4 is 0 Å². The lowest BCUT2D eigenvalue weighted by molar-refractivity contribution is 0.215. The van der Waals surface area contributed by atoms with Crippen molar-refractivity contribution in [2.75, 3.05) is 0 Å². The second kappa shape index (κ2) is 4.13. The quantitative estimate of drug-likeness (QED) is 0.800. The van der Waals surface area contributed by atoms with Crippen LogP contribution in [0.5, 0.6) is 0 Å². The number of aliphatic hydroxyl groups excluding tert-OH is 1. The molecule has 2 rings (SSSR count). The van der Waals surface area contributed by atoms with Crippen molar-refractivity contribution in [3.8, 4) is 6.07 Å². The molecule has 0 aliphatic rings. The maximum atomic E-state index is 13.3. The number of aromatic amines is 1. The van der Waals surface area contributed by atoms with Crippen LogP contribution in [-0.2, 0) is 0 Å². The van der Waals surface area contributed by atoms with Crippen molar-refractivity contribution in [2.24, 2.45) is 0 Å². The van der Waals surface area contributed by atoms with Crippen LogP contribution in [0.15, 0.2) is 30.7 Å². The number of hydrogen-bond acceptors (Lipinski definition) is 3. The minimum absolute atomic E-state index is 0.0411. The highest BCUT2D eigenvalue weighted by atomic mass is 19.1. The van der Waals surface area contributed by atoms with Gasteiger partial charge in [-0.2, -0.15) is 5.26 Å². The molecule has 16 heavy (non-hydrogen) atoms. The van der Waals surface area contributed by atoms with Crippen LogP contribution in [0.25, 0.3) is 0 Å². The summed E-state index contributed by atoms with van der Waals surface area (Å²) in [5, 5.41) is 18.4. The molecule has 80 valence electrons. The third-order valence-electron chi connectivity index (χ3n) is 2.24. The number of aromatic nitrogens is 2. The van der Waals surface area contributed by atoms with Gasteiger partial charge in [0.1, 0.15) is 18.0 Å². The summed E-state index contributed by atoms with van der Waals surface area (Å²) >= 11 is 0. The molecule has 0 aliphatic carbocycles. The Morgan fingerprint density at radius 1 is 1.50 bits per heavy atom. The molecule has 0 saturated heterocycles. The molecular formula is C11H8FN3O. The Morgan fingerprint density at radius 2 is 2.31 bits per heavy atom. The highest BCUT2D eigenvalue weighted by Gasteiger charge is 2.13. The van der Waals surface area contributed by atoms with Crippen molar-refractivity contribution in [1.82, 2.24) is 9.97 Å². The summed E-state index contributed by atoms with van der Waals surface area (Å²) < 4.78 is 13.3. The lowest BCUT2D eigenvalue weighted by Crippen LogP contribution is -2.01. The first-order chi connectivity index (χ1) is 7.72. The van der Waals surface area contributed by atoms with Gasteiger partial charge in [0, 0.05) is 0 Å². The second-order valence-electron chi connectivity index (χ2n) is 3.26. The Bertz CT molecular complexity index is 531. The van der Waals surface area contributed by atoms with Gasteiger partial charge in [0.2, 0.25) is 0 Å². The van der Waals surface area contributed by atoms with Gasteiger partial charge in [0.15, 0.2) is 0 Å². The van der Waals surface area contributed by atoms with Crippen LogP contribution in [0.3, 0.4) is 0 Å². The summed E-state index contributed by atoms with van der Waals surface area (Å²) in [5.74, 6) is -0.640. The zero-order valence-electron chi connectivity index (χ0n) is 8.18. The molecule has 2 aromatic rings. The fraction of sp³-hybridized carbons (Fsp3) is 0.0909. The van der Waals surface area contributed by atoms with Gasteiger partial charge in [0.25, 0.3) is 0 Å². The monoisotopic (exact) mass is 217 g/mol. The smallest absolute Gasteiger partial charge is 0.141 e. The first-order valence-corrected chi connectivity index (χ1v) is 4.58. The number of hydrogen-bond donors (Lipinski definition) is 2. The Morgan fingerprint density at radius 3 is 2.88 bits per heavy atom. The average molecular weight is 217 g/mol. The number of nitriles is 1. The van der Waals surface area contributed by atoms with Crippen molar-refractivity contribution in [2.45, 2.75) is 6.10 Å². The van der Waals surface area contributed by atoms with Gasteiger partial charge >= 0.3 is 0 Å². The summed E-state index contributed by atoms with van der Waals surface area (Å²) in [5.41, 5.74) is 0.811. The second-order valence-corrected chi connectivity index (χ2v) is 3.26. The fourth-order valence-corrected chi connectivity index (χ4v) is 1.39. The largest absolute Gasteiger partial charge is 0.382 e. The van der Waals surface area contributed by atoms with E-state index in [1.165, 1.54) is 24.7 Å². The molecule has 1 atom stereocenters. The van der Waals surface area contributed by atoms with E-state index in [0.29, 0.717) is 11.3 Å². The van der Waals surface area contributed by atoms with Crippen LogP contribution in [0.2, 0.25) is 0 Å². The predicted molar refractivity (Wildman–Crippen MR) is 53.8 cm³/mol. The van der Waals surface area contributed by atoms with E-state index in [1.54, 1.807) is 6.07 Å². The number of nitrogens with zero attached hydrogens (tertiary/aromatic N) is 2. The van der Waals surface area contributed by atoms with Crippen LogP contribution in [0.1, 0.15) is 22.9 Å². The number of aliphatic hydroxyl groups is 1. The minimum Gasteiger partial charge on any atom is -0.382 e. The fourth-order valence-electron chi connectivity index (χ4n) is 1.39. The van der Waals surface area contributed by atoms with E-state index in [1.807, 2.05) is 0 Å². The molecule has 0 bridgehead atoms. The number of imidazole rings is 1. The molecule has 1 heterocycles. The first kappa shape index (κ1) is 10.3. The third-order valence-corrected chi connectivity index (χ3v) is 2.24. The molecule has 0 amide bonds. The zero-order chi connectivity index (χ0) is 11.5. The van der Waals surface area contributed by atoms with Crippen molar-refractivity contribution in [3.05, 3.63) is 53.4 Å². The molecule has 0 spiro atoms. The summed E-state index contributed by atoms with van der Waals surface area (Å²) in [7, 11) is 0. The van der Waals surface area contributed by atoms with Crippen LogP contribution >= 0.6 is 0 Å². The molecule has 1 unspecified atom stereocenters. The molecule has 1 aromatic carbocycles. The Hall–Kier alpha value is -2.19. The van der Waals surface area contributed by atoms with E-state index in [0.717, 1.165) is 6.07 Å². The van der Waals surface area contributed by atoms with Crippen molar-refractivity contribution < 1.29 is 9.50 Å². The topological polar surface area (TPSA) is 72.7 Å². The molecule has 5 heteroatoms. The van der Waals surface area contributed by atoms with Gasteiger partial charge in [-0.1, -0.05) is 6.07 Å². The number of nitrogens with one attached hydrogen (secondary N) is 1. The first-order valence-electron chi connectivity index (χ1n) is 4.58. The number of rotatable bonds is 2. The summed E-state index contributed by atoms with van der Waals surface area (Å²) in [6.45, 7) is 0. The Balaban J connectivity index is 2.36.